The lowest BCUT2D eigenvalue weighted by Gasteiger charge is -2.13. The minimum atomic E-state index is -3.90. The Morgan fingerprint density at radius 1 is 1.19 bits per heavy atom. The van der Waals surface area contributed by atoms with Crippen molar-refractivity contribution in [1.29, 1.82) is 0 Å². The predicted molar refractivity (Wildman–Crippen MR) is 98.3 cm³/mol. The summed E-state index contributed by atoms with van der Waals surface area (Å²) in [5.74, 6) is -0.141. The lowest BCUT2D eigenvalue weighted by atomic mass is 10.1. The molecular weight excluding hydrogens is 379 g/mol. The van der Waals surface area contributed by atoms with Crippen molar-refractivity contribution in [1.82, 2.24) is 5.16 Å². The number of hydrogen-bond donors (Lipinski definition) is 1. The Morgan fingerprint density at radius 2 is 1.96 bits per heavy atom. The number of aryl methyl sites for hydroxylation is 2. The molecule has 1 aromatic heterocycles. The highest BCUT2D eigenvalue weighted by molar-refractivity contribution is 7.92. The number of anilines is 1. The molecule has 136 valence electrons. The Morgan fingerprint density at radius 3 is 2.58 bits per heavy atom. The van der Waals surface area contributed by atoms with Crippen molar-refractivity contribution in [2.24, 2.45) is 0 Å². The van der Waals surface area contributed by atoms with Crippen molar-refractivity contribution < 1.29 is 17.3 Å². The van der Waals surface area contributed by atoms with Gasteiger partial charge in [0.1, 0.15) is 5.82 Å². The van der Waals surface area contributed by atoms with Gasteiger partial charge in [0.25, 0.3) is 10.0 Å². The van der Waals surface area contributed by atoms with E-state index < -0.39 is 15.8 Å². The van der Waals surface area contributed by atoms with E-state index in [1.807, 2.05) is 6.92 Å². The minimum absolute atomic E-state index is 0.118. The van der Waals surface area contributed by atoms with Gasteiger partial charge in [-0.25, -0.2) is 12.8 Å². The SMILES string of the molecule is CCc1ccc(-c2cc(C)no2)cc1S(=O)(=O)Nc1ccc(F)c(Cl)c1. The van der Waals surface area contributed by atoms with Gasteiger partial charge in [-0.3, -0.25) is 4.72 Å². The number of benzene rings is 2. The van der Waals surface area contributed by atoms with E-state index in [1.165, 1.54) is 18.2 Å². The molecule has 0 aliphatic heterocycles. The molecule has 0 saturated heterocycles. The van der Waals surface area contributed by atoms with Gasteiger partial charge < -0.3 is 4.52 Å². The zero-order valence-corrected chi connectivity index (χ0v) is 15.7. The van der Waals surface area contributed by atoms with Gasteiger partial charge in [0.15, 0.2) is 5.76 Å². The quantitative estimate of drug-likeness (QED) is 0.674. The van der Waals surface area contributed by atoms with Crippen molar-refractivity contribution in [3.63, 3.8) is 0 Å². The van der Waals surface area contributed by atoms with Gasteiger partial charge >= 0.3 is 0 Å². The monoisotopic (exact) mass is 394 g/mol. The van der Waals surface area contributed by atoms with E-state index in [-0.39, 0.29) is 15.6 Å². The molecule has 26 heavy (non-hydrogen) atoms. The molecule has 3 rings (SSSR count). The summed E-state index contributed by atoms with van der Waals surface area (Å²) >= 11 is 5.73. The summed E-state index contributed by atoms with van der Waals surface area (Å²) in [6, 6.07) is 10.4. The summed E-state index contributed by atoms with van der Waals surface area (Å²) in [5.41, 5.74) is 2.12. The molecule has 1 N–H and O–H groups in total. The molecule has 0 unspecified atom stereocenters. The van der Waals surface area contributed by atoms with E-state index in [0.717, 1.165) is 6.07 Å². The fourth-order valence-electron chi connectivity index (χ4n) is 2.52. The molecule has 0 amide bonds. The number of aromatic nitrogens is 1. The standard InChI is InChI=1S/C18H16ClFN2O3S/c1-3-12-4-5-13(17-8-11(2)21-25-17)9-18(12)26(23,24)22-14-6-7-16(20)15(19)10-14/h4-10,22H,3H2,1-2H3. The molecule has 0 bridgehead atoms. The maximum absolute atomic E-state index is 13.3. The summed E-state index contributed by atoms with van der Waals surface area (Å²) in [4.78, 5) is 0.118. The van der Waals surface area contributed by atoms with Gasteiger partial charge in [0, 0.05) is 11.6 Å². The molecule has 0 spiro atoms. The lowest BCUT2D eigenvalue weighted by Crippen LogP contribution is -2.15. The van der Waals surface area contributed by atoms with Crippen LogP contribution in [-0.2, 0) is 16.4 Å². The van der Waals surface area contributed by atoms with Crippen LogP contribution in [0, 0.1) is 12.7 Å². The molecule has 1 heterocycles. The second kappa shape index (κ2) is 7.09. The molecule has 8 heteroatoms. The van der Waals surface area contributed by atoms with Crippen LogP contribution in [0.3, 0.4) is 0 Å². The molecule has 3 aromatic rings. The van der Waals surface area contributed by atoms with Gasteiger partial charge in [0.2, 0.25) is 0 Å². The maximum Gasteiger partial charge on any atom is 0.262 e. The fraction of sp³-hybridized carbons (Fsp3) is 0.167. The zero-order chi connectivity index (χ0) is 18.9. The van der Waals surface area contributed by atoms with Crippen LogP contribution >= 0.6 is 11.6 Å². The van der Waals surface area contributed by atoms with E-state index in [1.54, 1.807) is 25.1 Å². The summed E-state index contributed by atoms with van der Waals surface area (Å²) in [6.45, 7) is 3.65. The Hall–Kier alpha value is -2.38. The fourth-order valence-corrected chi connectivity index (χ4v) is 4.09. The second-order valence-electron chi connectivity index (χ2n) is 5.74. The average Bonchev–Trinajstić information content (AvgIpc) is 3.04. The molecule has 0 aliphatic rings. The van der Waals surface area contributed by atoms with Crippen LogP contribution in [-0.4, -0.2) is 13.6 Å². The average molecular weight is 395 g/mol. The molecule has 2 aromatic carbocycles. The normalized spacial score (nSPS) is 11.5. The topological polar surface area (TPSA) is 72.2 Å². The molecule has 0 saturated carbocycles. The van der Waals surface area contributed by atoms with E-state index in [2.05, 4.69) is 9.88 Å². The summed E-state index contributed by atoms with van der Waals surface area (Å²) < 4.78 is 46.7. The van der Waals surface area contributed by atoms with E-state index in [9.17, 15) is 12.8 Å². The Bertz CT molecular complexity index is 1060. The highest BCUT2D eigenvalue weighted by Gasteiger charge is 2.20. The van der Waals surface area contributed by atoms with Gasteiger partial charge in [-0.2, -0.15) is 0 Å². The van der Waals surface area contributed by atoms with Crippen molar-refractivity contribution in [3.8, 4) is 11.3 Å². The van der Waals surface area contributed by atoms with Crippen LogP contribution < -0.4 is 4.72 Å². The Labute approximate surface area is 155 Å². The van der Waals surface area contributed by atoms with Crippen LogP contribution in [0.15, 0.2) is 51.9 Å². The van der Waals surface area contributed by atoms with Gasteiger partial charge in [0.05, 0.1) is 21.3 Å². The number of nitrogens with one attached hydrogen (secondary N) is 1. The van der Waals surface area contributed by atoms with Gasteiger partial charge in [-0.05, 0) is 43.2 Å². The highest BCUT2D eigenvalue weighted by atomic mass is 35.5. The molecule has 5 nitrogen and oxygen atoms in total. The number of rotatable bonds is 5. The maximum atomic E-state index is 13.3. The van der Waals surface area contributed by atoms with Crippen molar-refractivity contribution in [2.75, 3.05) is 4.72 Å². The number of sulfonamides is 1. The third-order valence-electron chi connectivity index (χ3n) is 3.82. The summed E-state index contributed by atoms with van der Waals surface area (Å²) in [6.07, 6.45) is 0.524. The molecule has 0 fully saturated rings. The van der Waals surface area contributed by atoms with Gasteiger partial charge in [-0.1, -0.05) is 35.8 Å². The first-order valence-electron chi connectivity index (χ1n) is 7.84. The number of hydrogen-bond acceptors (Lipinski definition) is 4. The molecular formula is C18H16ClFN2O3S. The van der Waals surface area contributed by atoms with Crippen LogP contribution in [0.5, 0.6) is 0 Å². The van der Waals surface area contributed by atoms with Gasteiger partial charge in [-0.15, -0.1) is 0 Å². The second-order valence-corrected chi connectivity index (χ2v) is 7.80. The third-order valence-corrected chi connectivity index (χ3v) is 5.58. The largest absolute Gasteiger partial charge is 0.356 e. The smallest absolute Gasteiger partial charge is 0.262 e. The van der Waals surface area contributed by atoms with E-state index >= 15 is 0 Å². The van der Waals surface area contributed by atoms with Crippen molar-refractivity contribution >= 4 is 27.3 Å². The first-order valence-corrected chi connectivity index (χ1v) is 9.71. The number of halogens is 2. The van der Waals surface area contributed by atoms with E-state index in [4.69, 9.17) is 16.1 Å². The van der Waals surface area contributed by atoms with Crippen LogP contribution in [0.1, 0.15) is 18.2 Å². The first-order chi connectivity index (χ1) is 12.3. The molecule has 0 radical (unpaired) electrons. The molecule has 0 aliphatic carbocycles. The summed E-state index contributed by atoms with van der Waals surface area (Å²) in [5, 5.41) is 3.66. The highest BCUT2D eigenvalue weighted by Crippen LogP contribution is 2.28. The Balaban J connectivity index is 2.03. The van der Waals surface area contributed by atoms with Crippen LogP contribution in [0.4, 0.5) is 10.1 Å². The minimum Gasteiger partial charge on any atom is -0.356 e. The van der Waals surface area contributed by atoms with Crippen LogP contribution in [0.2, 0.25) is 5.02 Å². The zero-order valence-electron chi connectivity index (χ0n) is 14.1. The van der Waals surface area contributed by atoms with E-state index in [0.29, 0.717) is 29.0 Å². The molecule has 0 atom stereocenters. The lowest BCUT2D eigenvalue weighted by molar-refractivity contribution is 0.427. The van der Waals surface area contributed by atoms with Crippen molar-refractivity contribution in [3.05, 3.63) is 64.6 Å². The third kappa shape index (κ3) is 3.73. The summed E-state index contributed by atoms with van der Waals surface area (Å²) in [7, 11) is -3.90. The predicted octanol–water partition coefficient (Wildman–Crippen LogP) is 4.81. The van der Waals surface area contributed by atoms with Crippen molar-refractivity contribution in [2.45, 2.75) is 25.2 Å². The number of nitrogens with zero attached hydrogens (tertiary/aromatic N) is 1. The van der Waals surface area contributed by atoms with Crippen LogP contribution in [0.25, 0.3) is 11.3 Å². The first kappa shape index (κ1) is 18.4. The Kier molecular flexibility index (Phi) is 5.02.